The third-order valence-corrected chi connectivity index (χ3v) is 2.60. The molecule has 3 heteroatoms. The van der Waals surface area contributed by atoms with Crippen LogP contribution >= 0.6 is 0 Å². The number of benzene rings is 1. The molecule has 0 aromatic heterocycles. The van der Waals surface area contributed by atoms with Crippen LogP contribution in [0.4, 0.5) is 0 Å². The van der Waals surface area contributed by atoms with Gasteiger partial charge in [0.1, 0.15) is 0 Å². The zero-order chi connectivity index (χ0) is 10.2. The van der Waals surface area contributed by atoms with Crippen LogP contribution in [0.5, 0.6) is 0 Å². The van der Waals surface area contributed by atoms with Gasteiger partial charge in [-0.05, 0) is 30.5 Å². The lowest BCUT2D eigenvalue weighted by Crippen LogP contribution is -2.12. The Kier molecular flexibility index (Phi) is 2.04. The summed E-state index contributed by atoms with van der Waals surface area (Å²) in [4.78, 5) is 10.8. The van der Waals surface area contributed by atoms with Crippen LogP contribution in [0.15, 0.2) is 24.3 Å². The monoisotopic (exact) mass is 191 g/mol. The molecule has 1 aliphatic rings. The lowest BCUT2D eigenvalue weighted by Gasteiger charge is -2.07. The minimum absolute atomic E-state index is 0.415. The van der Waals surface area contributed by atoms with E-state index in [1.807, 2.05) is 12.1 Å². The van der Waals surface area contributed by atoms with Gasteiger partial charge in [0.2, 0.25) is 5.91 Å². The van der Waals surface area contributed by atoms with E-state index in [0.717, 1.165) is 18.4 Å². The van der Waals surface area contributed by atoms with Crippen LogP contribution in [0.2, 0.25) is 0 Å². The van der Waals surface area contributed by atoms with E-state index in [9.17, 15) is 9.90 Å². The van der Waals surface area contributed by atoms with Gasteiger partial charge in [0.05, 0.1) is 5.60 Å². The highest BCUT2D eigenvalue weighted by Crippen LogP contribution is 2.38. The van der Waals surface area contributed by atoms with Crippen molar-refractivity contribution in [2.75, 3.05) is 0 Å². The average Bonchev–Trinajstić information content (AvgIpc) is 2.84. The van der Waals surface area contributed by atoms with Crippen LogP contribution in [0.25, 0.3) is 0 Å². The van der Waals surface area contributed by atoms with E-state index in [1.165, 1.54) is 0 Å². The van der Waals surface area contributed by atoms with Gasteiger partial charge >= 0.3 is 0 Å². The van der Waals surface area contributed by atoms with Crippen molar-refractivity contribution in [1.82, 2.24) is 0 Å². The molecule has 1 amide bonds. The first kappa shape index (κ1) is 9.21. The molecule has 2 rings (SSSR count). The van der Waals surface area contributed by atoms with Crippen LogP contribution in [0.1, 0.15) is 28.8 Å². The summed E-state index contributed by atoms with van der Waals surface area (Å²) < 4.78 is 0. The highest BCUT2D eigenvalue weighted by molar-refractivity contribution is 5.92. The van der Waals surface area contributed by atoms with Crippen LogP contribution in [-0.2, 0) is 6.42 Å². The normalized spacial score (nSPS) is 17.8. The Bertz CT molecular complexity index is 352. The summed E-state index contributed by atoms with van der Waals surface area (Å²) in [5.74, 6) is -0.415. The molecule has 0 aliphatic heterocycles. The van der Waals surface area contributed by atoms with Gasteiger partial charge in [-0.1, -0.05) is 12.1 Å². The molecule has 0 atom stereocenters. The minimum atomic E-state index is -0.478. The van der Waals surface area contributed by atoms with Crippen molar-refractivity contribution in [1.29, 1.82) is 0 Å². The molecular formula is C11H13NO2. The quantitative estimate of drug-likeness (QED) is 0.744. The van der Waals surface area contributed by atoms with Gasteiger partial charge in [-0.15, -0.1) is 0 Å². The average molecular weight is 191 g/mol. The summed E-state index contributed by atoms with van der Waals surface area (Å²) in [5.41, 5.74) is 6.20. The van der Waals surface area contributed by atoms with Crippen molar-refractivity contribution in [3.63, 3.8) is 0 Å². The zero-order valence-electron chi connectivity index (χ0n) is 7.86. The lowest BCUT2D eigenvalue weighted by molar-refractivity contribution is 0.100. The van der Waals surface area contributed by atoms with E-state index in [4.69, 9.17) is 5.73 Å². The standard InChI is InChI=1S/C11H13NO2/c12-10(13)9-3-1-8(2-4-9)7-11(14)5-6-11/h1-4,14H,5-7H2,(H2,12,13). The molecular weight excluding hydrogens is 178 g/mol. The maximum Gasteiger partial charge on any atom is 0.248 e. The number of carbonyl (C=O) groups excluding carboxylic acids is 1. The molecule has 1 aliphatic carbocycles. The van der Waals surface area contributed by atoms with E-state index in [0.29, 0.717) is 12.0 Å². The summed E-state index contributed by atoms with van der Waals surface area (Å²) in [6.45, 7) is 0. The molecule has 1 fully saturated rings. The first-order valence-electron chi connectivity index (χ1n) is 4.70. The Morgan fingerprint density at radius 2 is 1.93 bits per heavy atom. The first-order chi connectivity index (χ1) is 6.59. The fourth-order valence-electron chi connectivity index (χ4n) is 1.49. The van der Waals surface area contributed by atoms with Crippen molar-refractivity contribution in [2.24, 2.45) is 5.73 Å². The number of rotatable bonds is 3. The van der Waals surface area contributed by atoms with Gasteiger partial charge in [-0.2, -0.15) is 0 Å². The smallest absolute Gasteiger partial charge is 0.248 e. The number of carbonyl (C=O) groups is 1. The van der Waals surface area contributed by atoms with E-state index in [1.54, 1.807) is 12.1 Å². The van der Waals surface area contributed by atoms with Crippen molar-refractivity contribution < 1.29 is 9.90 Å². The molecule has 1 saturated carbocycles. The van der Waals surface area contributed by atoms with Crippen LogP contribution in [0.3, 0.4) is 0 Å². The number of hydrogen-bond donors (Lipinski definition) is 2. The highest BCUT2D eigenvalue weighted by atomic mass is 16.3. The van der Waals surface area contributed by atoms with E-state index in [2.05, 4.69) is 0 Å². The van der Waals surface area contributed by atoms with Crippen LogP contribution in [-0.4, -0.2) is 16.6 Å². The maximum absolute atomic E-state index is 10.8. The third kappa shape index (κ3) is 1.93. The summed E-state index contributed by atoms with van der Waals surface area (Å²) in [7, 11) is 0. The van der Waals surface area contributed by atoms with Gasteiger partial charge in [-0.25, -0.2) is 0 Å². The first-order valence-corrected chi connectivity index (χ1v) is 4.70. The molecule has 0 spiro atoms. The van der Waals surface area contributed by atoms with Gasteiger partial charge in [0, 0.05) is 12.0 Å². The van der Waals surface area contributed by atoms with Gasteiger partial charge in [0.15, 0.2) is 0 Å². The number of aliphatic hydroxyl groups is 1. The number of nitrogens with two attached hydrogens (primary N) is 1. The molecule has 3 nitrogen and oxygen atoms in total. The van der Waals surface area contributed by atoms with Crippen molar-refractivity contribution in [3.05, 3.63) is 35.4 Å². The Morgan fingerprint density at radius 3 is 2.36 bits per heavy atom. The third-order valence-electron chi connectivity index (χ3n) is 2.60. The summed E-state index contributed by atoms with van der Waals surface area (Å²) in [6.07, 6.45) is 2.43. The molecule has 74 valence electrons. The van der Waals surface area contributed by atoms with E-state index >= 15 is 0 Å². The van der Waals surface area contributed by atoms with Gasteiger partial charge < -0.3 is 10.8 Å². The second-order valence-corrected chi connectivity index (χ2v) is 3.96. The Balaban J connectivity index is 2.10. The fraction of sp³-hybridized carbons (Fsp3) is 0.364. The van der Waals surface area contributed by atoms with Gasteiger partial charge in [0.25, 0.3) is 0 Å². The second kappa shape index (κ2) is 3.10. The number of primary amides is 1. The molecule has 0 radical (unpaired) electrons. The van der Waals surface area contributed by atoms with E-state index in [-0.39, 0.29) is 0 Å². The largest absolute Gasteiger partial charge is 0.390 e. The van der Waals surface area contributed by atoms with Crippen molar-refractivity contribution in [3.8, 4) is 0 Å². The maximum atomic E-state index is 10.8. The Morgan fingerprint density at radius 1 is 1.36 bits per heavy atom. The molecule has 14 heavy (non-hydrogen) atoms. The van der Waals surface area contributed by atoms with Gasteiger partial charge in [-0.3, -0.25) is 4.79 Å². The topological polar surface area (TPSA) is 63.3 Å². The number of amides is 1. The second-order valence-electron chi connectivity index (χ2n) is 3.96. The SMILES string of the molecule is NC(=O)c1ccc(CC2(O)CC2)cc1. The lowest BCUT2D eigenvalue weighted by atomic mass is 10.0. The van der Waals surface area contributed by atoms with E-state index < -0.39 is 11.5 Å². The number of hydrogen-bond acceptors (Lipinski definition) is 2. The predicted molar refractivity (Wildman–Crippen MR) is 52.8 cm³/mol. The molecule has 1 aromatic rings. The molecule has 0 unspecified atom stereocenters. The molecule has 0 saturated heterocycles. The Labute approximate surface area is 82.5 Å². The Hall–Kier alpha value is -1.35. The minimum Gasteiger partial charge on any atom is -0.390 e. The van der Waals surface area contributed by atoms with Crippen LogP contribution < -0.4 is 5.73 Å². The molecule has 0 bridgehead atoms. The van der Waals surface area contributed by atoms with Crippen molar-refractivity contribution in [2.45, 2.75) is 24.9 Å². The fourth-order valence-corrected chi connectivity index (χ4v) is 1.49. The summed E-state index contributed by atoms with van der Waals surface area (Å²) in [6, 6.07) is 7.08. The highest BCUT2D eigenvalue weighted by Gasteiger charge is 2.39. The summed E-state index contributed by atoms with van der Waals surface area (Å²) in [5, 5.41) is 9.67. The van der Waals surface area contributed by atoms with Crippen LogP contribution in [0, 0.1) is 0 Å². The molecule has 1 aromatic carbocycles. The molecule has 3 N–H and O–H groups in total. The zero-order valence-corrected chi connectivity index (χ0v) is 7.86. The molecule has 0 heterocycles. The summed E-state index contributed by atoms with van der Waals surface area (Å²) >= 11 is 0. The predicted octanol–water partition coefficient (Wildman–Crippen LogP) is 0.853. The van der Waals surface area contributed by atoms with Crippen molar-refractivity contribution >= 4 is 5.91 Å².